The SMILES string of the molecule is NC1(c2cccc3c2OCC3)CCCCC1. The van der Waals surface area contributed by atoms with Gasteiger partial charge in [-0.05, 0) is 18.4 Å². The topological polar surface area (TPSA) is 35.2 Å². The lowest BCUT2D eigenvalue weighted by Gasteiger charge is -2.34. The van der Waals surface area contributed by atoms with Crippen LogP contribution in [0.25, 0.3) is 0 Å². The average Bonchev–Trinajstić information content (AvgIpc) is 2.77. The van der Waals surface area contributed by atoms with E-state index in [1.54, 1.807) is 0 Å². The van der Waals surface area contributed by atoms with Crippen LogP contribution >= 0.6 is 0 Å². The summed E-state index contributed by atoms with van der Waals surface area (Å²) in [5, 5.41) is 0. The molecule has 2 N–H and O–H groups in total. The van der Waals surface area contributed by atoms with Gasteiger partial charge in [0, 0.05) is 17.5 Å². The lowest BCUT2D eigenvalue weighted by molar-refractivity contribution is 0.283. The van der Waals surface area contributed by atoms with Crippen LogP contribution in [-0.4, -0.2) is 6.61 Å². The summed E-state index contributed by atoms with van der Waals surface area (Å²) in [7, 11) is 0. The Labute approximate surface area is 96.8 Å². The van der Waals surface area contributed by atoms with Crippen LogP contribution in [0, 0.1) is 0 Å². The third kappa shape index (κ3) is 1.52. The fourth-order valence-corrected chi connectivity index (χ4v) is 3.06. The van der Waals surface area contributed by atoms with Crippen LogP contribution < -0.4 is 10.5 Å². The number of fused-ring (bicyclic) bond motifs is 1. The normalized spacial score (nSPS) is 22.6. The number of hydrogen-bond acceptors (Lipinski definition) is 2. The predicted molar refractivity (Wildman–Crippen MR) is 64.6 cm³/mol. The summed E-state index contributed by atoms with van der Waals surface area (Å²) in [5.41, 5.74) is 9.04. The van der Waals surface area contributed by atoms with Crippen molar-refractivity contribution in [2.24, 2.45) is 5.73 Å². The Morgan fingerprint density at radius 2 is 1.94 bits per heavy atom. The maximum Gasteiger partial charge on any atom is 0.127 e. The molecule has 2 nitrogen and oxygen atoms in total. The molecule has 0 atom stereocenters. The van der Waals surface area contributed by atoms with Gasteiger partial charge < -0.3 is 10.5 Å². The predicted octanol–water partition coefficient (Wildman–Crippen LogP) is 2.74. The van der Waals surface area contributed by atoms with E-state index in [9.17, 15) is 0 Å². The van der Waals surface area contributed by atoms with E-state index in [1.165, 1.54) is 30.4 Å². The minimum atomic E-state index is -0.131. The Morgan fingerprint density at radius 1 is 1.12 bits per heavy atom. The van der Waals surface area contributed by atoms with Gasteiger partial charge in [0.25, 0.3) is 0 Å². The second kappa shape index (κ2) is 3.77. The van der Waals surface area contributed by atoms with Crippen LogP contribution in [0.15, 0.2) is 18.2 Å². The molecule has 86 valence electrons. The van der Waals surface area contributed by atoms with Crippen molar-refractivity contribution in [2.45, 2.75) is 44.1 Å². The van der Waals surface area contributed by atoms with Gasteiger partial charge in [-0.3, -0.25) is 0 Å². The van der Waals surface area contributed by atoms with E-state index in [2.05, 4.69) is 18.2 Å². The molecule has 2 heteroatoms. The Morgan fingerprint density at radius 3 is 2.75 bits per heavy atom. The molecule has 1 aliphatic carbocycles. The van der Waals surface area contributed by atoms with E-state index >= 15 is 0 Å². The fourth-order valence-electron chi connectivity index (χ4n) is 3.06. The van der Waals surface area contributed by atoms with Gasteiger partial charge in [-0.2, -0.15) is 0 Å². The molecular formula is C14H19NO. The van der Waals surface area contributed by atoms with Crippen molar-refractivity contribution in [3.05, 3.63) is 29.3 Å². The number of para-hydroxylation sites is 1. The van der Waals surface area contributed by atoms with Crippen molar-refractivity contribution >= 4 is 0 Å². The highest BCUT2D eigenvalue weighted by Crippen LogP contribution is 2.42. The van der Waals surface area contributed by atoms with Crippen LogP contribution in [0.1, 0.15) is 43.2 Å². The highest BCUT2D eigenvalue weighted by Gasteiger charge is 2.33. The molecule has 16 heavy (non-hydrogen) atoms. The quantitative estimate of drug-likeness (QED) is 0.785. The molecular weight excluding hydrogens is 198 g/mol. The maximum absolute atomic E-state index is 6.57. The van der Waals surface area contributed by atoms with Gasteiger partial charge in [-0.1, -0.05) is 37.5 Å². The molecule has 1 saturated carbocycles. The molecule has 0 radical (unpaired) electrons. The highest BCUT2D eigenvalue weighted by atomic mass is 16.5. The smallest absolute Gasteiger partial charge is 0.127 e. The summed E-state index contributed by atoms with van der Waals surface area (Å²) < 4.78 is 5.77. The molecule has 1 aliphatic heterocycles. The first kappa shape index (κ1) is 10.2. The molecule has 1 fully saturated rings. The average molecular weight is 217 g/mol. The van der Waals surface area contributed by atoms with Crippen molar-refractivity contribution in [3.63, 3.8) is 0 Å². The number of nitrogens with two attached hydrogens (primary N) is 1. The zero-order valence-corrected chi connectivity index (χ0v) is 9.67. The summed E-state index contributed by atoms with van der Waals surface area (Å²) in [5.74, 6) is 1.09. The summed E-state index contributed by atoms with van der Waals surface area (Å²) in [6.07, 6.45) is 7.08. The molecule has 1 aromatic carbocycles. The van der Waals surface area contributed by atoms with E-state index in [4.69, 9.17) is 10.5 Å². The molecule has 0 amide bonds. The van der Waals surface area contributed by atoms with Crippen molar-refractivity contribution in [2.75, 3.05) is 6.61 Å². The van der Waals surface area contributed by atoms with Crippen LogP contribution in [-0.2, 0) is 12.0 Å². The molecule has 2 aliphatic rings. The van der Waals surface area contributed by atoms with E-state index in [0.29, 0.717) is 0 Å². The zero-order valence-electron chi connectivity index (χ0n) is 9.67. The van der Waals surface area contributed by atoms with Gasteiger partial charge in [-0.25, -0.2) is 0 Å². The monoisotopic (exact) mass is 217 g/mol. The lowest BCUT2D eigenvalue weighted by Crippen LogP contribution is -2.38. The first-order valence-electron chi connectivity index (χ1n) is 6.34. The molecule has 0 spiro atoms. The molecule has 3 rings (SSSR count). The van der Waals surface area contributed by atoms with Crippen molar-refractivity contribution < 1.29 is 4.74 Å². The van der Waals surface area contributed by atoms with E-state index in [-0.39, 0.29) is 5.54 Å². The second-order valence-corrected chi connectivity index (χ2v) is 5.11. The summed E-state index contributed by atoms with van der Waals surface area (Å²) in [4.78, 5) is 0. The van der Waals surface area contributed by atoms with E-state index in [0.717, 1.165) is 31.6 Å². The van der Waals surface area contributed by atoms with E-state index < -0.39 is 0 Å². The first-order valence-corrected chi connectivity index (χ1v) is 6.34. The summed E-state index contributed by atoms with van der Waals surface area (Å²) in [6.45, 7) is 0.822. The number of hydrogen-bond donors (Lipinski definition) is 1. The van der Waals surface area contributed by atoms with Gasteiger partial charge in [0.2, 0.25) is 0 Å². The zero-order chi connectivity index (χ0) is 11.0. The largest absolute Gasteiger partial charge is 0.493 e. The van der Waals surface area contributed by atoms with Crippen LogP contribution in [0.3, 0.4) is 0 Å². The maximum atomic E-state index is 6.57. The minimum absolute atomic E-state index is 0.131. The van der Waals surface area contributed by atoms with Crippen LogP contribution in [0.2, 0.25) is 0 Å². The second-order valence-electron chi connectivity index (χ2n) is 5.11. The van der Waals surface area contributed by atoms with Gasteiger partial charge in [0.05, 0.1) is 6.61 Å². The molecule has 0 saturated heterocycles. The van der Waals surface area contributed by atoms with Gasteiger partial charge in [0.15, 0.2) is 0 Å². The number of benzene rings is 1. The summed E-state index contributed by atoms with van der Waals surface area (Å²) >= 11 is 0. The summed E-state index contributed by atoms with van der Waals surface area (Å²) in [6, 6.07) is 6.46. The highest BCUT2D eigenvalue weighted by molar-refractivity contribution is 5.47. The van der Waals surface area contributed by atoms with Crippen LogP contribution in [0.4, 0.5) is 0 Å². The molecule has 1 aromatic rings. The Bertz CT molecular complexity index is 394. The minimum Gasteiger partial charge on any atom is -0.493 e. The number of ether oxygens (including phenoxy) is 1. The molecule has 0 unspecified atom stereocenters. The Hall–Kier alpha value is -1.02. The number of rotatable bonds is 1. The fraction of sp³-hybridized carbons (Fsp3) is 0.571. The third-order valence-electron chi connectivity index (χ3n) is 4.00. The third-order valence-corrected chi connectivity index (χ3v) is 4.00. The van der Waals surface area contributed by atoms with E-state index in [1.807, 2.05) is 0 Å². The molecule has 1 heterocycles. The van der Waals surface area contributed by atoms with Crippen molar-refractivity contribution in [1.82, 2.24) is 0 Å². The molecule has 0 bridgehead atoms. The van der Waals surface area contributed by atoms with Crippen molar-refractivity contribution in [1.29, 1.82) is 0 Å². The van der Waals surface area contributed by atoms with Crippen molar-refractivity contribution in [3.8, 4) is 5.75 Å². The van der Waals surface area contributed by atoms with Gasteiger partial charge in [-0.15, -0.1) is 0 Å². The molecule has 0 aromatic heterocycles. The van der Waals surface area contributed by atoms with Gasteiger partial charge in [0.1, 0.15) is 5.75 Å². The Kier molecular flexibility index (Phi) is 2.40. The lowest BCUT2D eigenvalue weighted by atomic mass is 9.76. The Balaban J connectivity index is 2.02. The standard InChI is InChI=1S/C14H19NO/c15-14(8-2-1-3-9-14)12-6-4-5-11-7-10-16-13(11)12/h4-6H,1-3,7-10,15H2. The van der Waals surface area contributed by atoms with Crippen LogP contribution in [0.5, 0.6) is 5.75 Å². The first-order chi connectivity index (χ1) is 7.80. The van der Waals surface area contributed by atoms with Gasteiger partial charge >= 0.3 is 0 Å².